The summed E-state index contributed by atoms with van der Waals surface area (Å²) in [7, 11) is 3.40. The van der Waals surface area contributed by atoms with E-state index in [9.17, 15) is 9.59 Å². The predicted molar refractivity (Wildman–Crippen MR) is 95.4 cm³/mol. The van der Waals surface area contributed by atoms with Crippen LogP contribution in [0.25, 0.3) is 0 Å². The molecule has 26 heavy (non-hydrogen) atoms. The van der Waals surface area contributed by atoms with Gasteiger partial charge in [-0.3, -0.25) is 14.5 Å². The van der Waals surface area contributed by atoms with Gasteiger partial charge in [-0.25, -0.2) is 4.98 Å². The number of hydrogen-bond donors (Lipinski definition) is 1. The van der Waals surface area contributed by atoms with E-state index in [1.165, 1.54) is 4.90 Å². The Morgan fingerprint density at radius 2 is 2.19 bits per heavy atom. The maximum atomic E-state index is 12.0. The van der Waals surface area contributed by atoms with Crippen LogP contribution in [0.3, 0.4) is 0 Å². The molecule has 0 aliphatic carbocycles. The zero-order chi connectivity index (χ0) is 18.7. The van der Waals surface area contributed by atoms with Gasteiger partial charge in [0.1, 0.15) is 18.1 Å². The summed E-state index contributed by atoms with van der Waals surface area (Å²) < 4.78 is 7.53. The first-order valence-electron chi connectivity index (χ1n) is 8.76. The Morgan fingerprint density at radius 3 is 2.92 bits per heavy atom. The summed E-state index contributed by atoms with van der Waals surface area (Å²) in [5.41, 5.74) is 5.32. The van der Waals surface area contributed by atoms with Crippen molar-refractivity contribution in [1.82, 2.24) is 19.4 Å². The Kier molecular flexibility index (Phi) is 5.41. The van der Waals surface area contributed by atoms with Crippen molar-refractivity contribution in [2.45, 2.75) is 31.8 Å². The van der Waals surface area contributed by atoms with Gasteiger partial charge >= 0.3 is 0 Å². The quantitative estimate of drug-likeness (QED) is 0.831. The number of nitrogens with zero attached hydrogens (tertiary/aromatic N) is 4. The van der Waals surface area contributed by atoms with Gasteiger partial charge in [-0.2, -0.15) is 0 Å². The second-order valence-electron chi connectivity index (χ2n) is 6.92. The number of rotatable bonds is 6. The van der Waals surface area contributed by atoms with Gasteiger partial charge < -0.3 is 19.6 Å². The van der Waals surface area contributed by atoms with Crippen LogP contribution < -0.4 is 5.73 Å². The molecule has 140 valence electrons. The lowest BCUT2D eigenvalue weighted by Gasteiger charge is -2.32. The van der Waals surface area contributed by atoms with E-state index in [1.807, 2.05) is 10.6 Å². The van der Waals surface area contributed by atoms with Crippen molar-refractivity contribution in [3.05, 3.63) is 41.9 Å². The van der Waals surface area contributed by atoms with Crippen molar-refractivity contribution >= 4 is 11.8 Å². The van der Waals surface area contributed by atoms with Crippen LogP contribution in [-0.4, -0.2) is 58.4 Å². The normalized spacial score (nSPS) is 18.0. The minimum atomic E-state index is -0.370. The number of nitrogens with two attached hydrogens (primary N) is 1. The first-order valence-corrected chi connectivity index (χ1v) is 8.76. The van der Waals surface area contributed by atoms with Gasteiger partial charge in [0.25, 0.3) is 5.91 Å². The predicted octanol–water partition coefficient (Wildman–Crippen LogP) is 1.04. The summed E-state index contributed by atoms with van der Waals surface area (Å²) in [5, 5.41) is 0. The number of carbonyl (C=O) groups is 2. The van der Waals surface area contributed by atoms with E-state index in [2.05, 4.69) is 9.88 Å². The van der Waals surface area contributed by atoms with Crippen molar-refractivity contribution in [2.24, 2.45) is 5.73 Å². The smallest absolute Gasteiger partial charge is 0.289 e. The van der Waals surface area contributed by atoms with Gasteiger partial charge in [0.2, 0.25) is 5.91 Å². The number of carbonyl (C=O) groups excluding carboxylic acids is 2. The van der Waals surface area contributed by atoms with Crippen LogP contribution in [0.5, 0.6) is 0 Å². The third-order valence-electron chi connectivity index (χ3n) is 4.60. The number of likely N-dealkylation sites (tertiary alicyclic amines) is 1. The molecule has 0 saturated carbocycles. The molecule has 1 atom stereocenters. The van der Waals surface area contributed by atoms with Crippen LogP contribution in [0.15, 0.2) is 28.9 Å². The average molecular weight is 359 g/mol. The Morgan fingerprint density at radius 1 is 1.38 bits per heavy atom. The molecule has 1 aliphatic heterocycles. The summed E-state index contributed by atoms with van der Waals surface area (Å²) in [6.45, 7) is 2.59. The zero-order valence-electron chi connectivity index (χ0n) is 15.2. The van der Waals surface area contributed by atoms with Crippen LogP contribution in [0.4, 0.5) is 0 Å². The van der Waals surface area contributed by atoms with Crippen LogP contribution in [0, 0.1) is 0 Å². The molecule has 2 N–H and O–H groups in total. The largest absolute Gasteiger partial charge is 0.455 e. The van der Waals surface area contributed by atoms with Gasteiger partial charge in [0.05, 0.1) is 6.54 Å². The summed E-state index contributed by atoms with van der Waals surface area (Å²) in [6.07, 6.45) is 5.57. The molecule has 8 nitrogen and oxygen atoms in total. The topological polar surface area (TPSA) is 97.6 Å². The summed E-state index contributed by atoms with van der Waals surface area (Å²) in [5.74, 6) is 1.77. The third kappa shape index (κ3) is 4.13. The fourth-order valence-electron chi connectivity index (χ4n) is 3.41. The Balaban J connectivity index is 1.65. The average Bonchev–Trinajstić information content (AvgIpc) is 3.23. The number of amides is 2. The van der Waals surface area contributed by atoms with E-state index in [0.29, 0.717) is 12.3 Å². The Hall–Kier alpha value is -2.61. The molecular weight excluding hydrogens is 334 g/mol. The maximum absolute atomic E-state index is 12.0. The molecule has 0 unspecified atom stereocenters. The molecule has 1 aliphatic rings. The van der Waals surface area contributed by atoms with Crippen molar-refractivity contribution < 1.29 is 14.0 Å². The second-order valence-corrected chi connectivity index (χ2v) is 6.92. The Bertz CT molecular complexity index is 779. The first kappa shape index (κ1) is 18.2. The van der Waals surface area contributed by atoms with Crippen LogP contribution >= 0.6 is 0 Å². The molecule has 0 aromatic carbocycles. The fraction of sp³-hybridized carbons (Fsp3) is 0.500. The maximum Gasteiger partial charge on any atom is 0.289 e. The highest BCUT2D eigenvalue weighted by Gasteiger charge is 2.26. The number of furan rings is 1. The first-order chi connectivity index (χ1) is 12.4. The minimum Gasteiger partial charge on any atom is -0.455 e. The lowest BCUT2D eigenvalue weighted by atomic mass is 9.97. The second kappa shape index (κ2) is 7.74. The summed E-state index contributed by atoms with van der Waals surface area (Å²) in [6, 6.07) is 3.58. The fourth-order valence-corrected chi connectivity index (χ4v) is 3.41. The van der Waals surface area contributed by atoms with Crippen LogP contribution in [0.2, 0.25) is 0 Å². The van der Waals surface area contributed by atoms with Gasteiger partial charge in [-0.05, 0) is 31.5 Å². The molecular formula is C18H25N5O3. The number of primary amides is 1. The van der Waals surface area contributed by atoms with Crippen molar-refractivity contribution in [2.75, 3.05) is 27.2 Å². The molecule has 3 rings (SSSR count). The lowest BCUT2D eigenvalue weighted by Crippen LogP contribution is -2.35. The number of imidazole rings is 1. The molecule has 3 heterocycles. The van der Waals surface area contributed by atoms with Crippen molar-refractivity contribution in [3.8, 4) is 0 Å². The van der Waals surface area contributed by atoms with E-state index in [1.54, 1.807) is 32.6 Å². The van der Waals surface area contributed by atoms with E-state index in [-0.39, 0.29) is 24.3 Å². The monoisotopic (exact) mass is 359 g/mol. The van der Waals surface area contributed by atoms with Crippen molar-refractivity contribution in [3.63, 3.8) is 0 Å². The molecule has 8 heteroatoms. The summed E-state index contributed by atoms with van der Waals surface area (Å²) >= 11 is 0. The molecule has 0 bridgehead atoms. The van der Waals surface area contributed by atoms with Gasteiger partial charge in [0, 0.05) is 39.0 Å². The van der Waals surface area contributed by atoms with E-state index in [0.717, 1.165) is 37.5 Å². The molecule has 1 saturated heterocycles. The molecule has 2 aromatic heterocycles. The highest BCUT2D eigenvalue weighted by Crippen LogP contribution is 2.27. The molecule has 0 radical (unpaired) electrons. The number of aromatic nitrogens is 2. The highest BCUT2D eigenvalue weighted by molar-refractivity contribution is 5.91. The third-order valence-corrected chi connectivity index (χ3v) is 4.60. The molecule has 1 fully saturated rings. The van der Waals surface area contributed by atoms with Crippen molar-refractivity contribution in [1.29, 1.82) is 0 Å². The number of piperidine rings is 1. The van der Waals surface area contributed by atoms with Crippen LogP contribution in [0.1, 0.15) is 40.9 Å². The number of hydrogen-bond acceptors (Lipinski definition) is 5. The lowest BCUT2D eigenvalue weighted by molar-refractivity contribution is -0.118. The molecule has 2 amide bonds. The van der Waals surface area contributed by atoms with Gasteiger partial charge in [-0.15, -0.1) is 0 Å². The van der Waals surface area contributed by atoms with Gasteiger partial charge in [0.15, 0.2) is 5.76 Å². The van der Waals surface area contributed by atoms with E-state index < -0.39 is 0 Å². The van der Waals surface area contributed by atoms with E-state index in [4.69, 9.17) is 10.2 Å². The molecule has 0 spiro atoms. The SMILES string of the molecule is CN(C)C(=O)c1ccc(CN2CCC[C@H](c3nccn3CC(N)=O)C2)o1. The minimum absolute atomic E-state index is 0.138. The Labute approximate surface area is 152 Å². The standard InChI is InChI=1S/C18H25N5O3/c1-21(2)18(25)15-6-5-14(26-15)11-22-8-3-4-13(10-22)17-20-7-9-23(17)12-16(19)24/h5-7,9,13H,3-4,8,10-12H2,1-2H3,(H2,19,24)/t13-/m0/s1. The molecule has 2 aromatic rings. The van der Waals surface area contributed by atoms with Crippen LogP contribution in [-0.2, 0) is 17.9 Å². The summed E-state index contributed by atoms with van der Waals surface area (Å²) in [4.78, 5) is 31.4. The van der Waals surface area contributed by atoms with E-state index >= 15 is 0 Å². The zero-order valence-corrected chi connectivity index (χ0v) is 15.2. The van der Waals surface area contributed by atoms with Gasteiger partial charge in [-0.1, -0.05) is 0 Å². The highest BCUT2D eigenvalue weighted by atomic mass is 16.4.